The van der Waals surface area contributed by atoms with Crippen molar-refractivity contribution in [2.45, 2.75) is 38.1 Å². The number of hydrogen-bond donors (Lipinski definition) is 2. The zero-order valence-electron chi connectivity index (χ0n) is 11.5. The fourth-order valence-corrected chi connectivity index (χ4v) is 2.97. The maximum atomic E-state index is 11.8. The Balaban J connectivity index is 1.62. The average molecular weight is 276 g/mol. The van der Waals surface area contributed by atoms with Crippen molar-refractivity contribution >= 4 is 11.8 Å². The van der Waals surface area contributed by atoms with E-state index in [1.54, 1.807) is 0 Å². The number of aromatic nitrogens is 2. The van der Waals surface area contributed by atoms with E-state index in [0.29, 0.717) is 25.3 Å². The summed E-state index contributed by atoms with van der Waals surface area (Å²) in [5, 5.41) is 10.2. The molecule has 0 aromatic carbocycles. The first-order valence-corrected chi connectivity index (χ1v) is 7.30. The van der Waals surface area contributed by atoms with Gasteiger partial charge >= 0.3 is 0 Å². The van der Waals surface area contributed by atoms with E-state index in [0.717, 1.165) is 31.5 Å². The van der Waals surface area contributed by atoms with Crippen LogP contribution in [-0.4, -0.2) is 34.7 Å². The van der Waals surface area contributed by atoms with E-state index >= 15 is 0 Å². The van der Waals surface area contributed by atoms with Gasteiger partial charge in [0.25, 0.3) is 0 Å². The number of piperidine rings is 2. The second kappa shape index (κ2) is 5.75. The van der Waals surface area contributed by atoms with Crippen LogP contribution in [-0.2, 0) is 16.0 Å². The molecule has 2 aliphatic rings. The number of hydrogen-bond acceptors (Lipinski definition) is 4. The maximum Gasteiger partial charge on any atom is 0.230 e. The standard InChI is InChI=1S/C14H20N4O2/c19-13-2-1-11(14(20)17-13)7-10-8-16-18(9-10)12-3-5-15-6-4-12/h8-9,11-12,15H,1-7H2,(H,17,19,20). The third kappa shape index (κ3) is 2.90. The van der Waals surface area contributed by atoms with Crippen molar-refractivity contribution in [3.8, 4) is 0 Å². The summed E-state index contributed by atoms with van der Waals surface area (Å²) in [6.07, 6.45) is 7.86. The van der Waals surface area contributed by atoms with Gasteiger partial charge in [0.1, 0.15) is 0 Å². The molecule has 1 aromatic rings. The summed E-state index contributed by atoms with van der Waals surface area (Å²) >= 11 is 0. The lowest BCUT2D eigenvalue weighted by Gasteiger charge is -2.23. The molecule has 0 aliphatic carbocycles. The highest BCUT2D eigenvalue weighted by atomic mass is 16.2. The highest BCUT2D eigenvalue weighted by molar-refractivity contribution is 5.98. The molecule has 20 heavy (non-hydrogen) atoms. The van der Waals surface area contributed by atoms with Gasteiger partial charge in [-0.1, -0.05) is 0 Å². The number of imide groups is 1. The quantitative estimate of drug-likeness (QED) is 0.784. The first-order valence-electron chi connectivity index (χ1n) is 7.30. The molecule has 2 saturated heterocycles. The van der Waals surface area contributed by atoms with Crippen LogP contribution >= 0.6 is 0 Å². The lowest BCUT2D eigenvalue weighted by Crippen LogP contribution is -2.41. The van der Waals surface area contributed by atoms with Gasteiger partial charge in [0.2, 0.25) is 11.8 Å². The molecule has 2 amide bonds. The minimum absolute atomic E-state index is 0.0987. The molecule has 0 spiro atoms. The summed E-state index contributed by atoms with van der Waals surface area (Å²) in [6, 6.07) is 0.465. The van der Waals surface area contributed by atoms with Gasteiger partial charge in [-0.3, -0.25) is 19.6 Å². The minimum Gasteiger partial charge on any atom is -0.317 e. The molecule has 6 heteroatoms. The highest BCUT2D eigenvalue weighted by Gasteiger charge is 2.27. The number of amides is 2. The van der Waals surface area contributed by atoms with E-state index in [4.69, 9.17) is 0 Å². The molecule has 0 radical (unpaired) electrons. The van der Waals surface area contributed by atoms with Crippen LogP contribution in [0.2, 0.25) is 0 Å². The molecule has 6 nitrogen and oxygen atoms in total. The molecule has 3 heterocycles. The summed E-state index contributed by atoms with van der Waals surface area (Å²) in [5.74, 6) is -0.397. The highest BCUT2D eigenvalue weighted by Crippen LogP contribution is 2.21. The minimum atomic E-state index is -0.156. The van der Waals surface area contributed by atoms with Crippen molar-refractivity contribution in [2.75, 3.05) is 13.1 Å². The van der Waals surface area contributed by atoms with E-state index in [1.807, 2.05) is 10.9 Å². The van der Waals surface area contributed by atoms with Gasteiger partial charge in [-0.25, -0.2) is 0 Å². The molecular formula is C14H20N4O2. The van der Waals surface area contributed by atoms with Crippen LogP contribution in [0.3, 0.4) is 0 Å². The summed E-state index contributed by atoms with van der Waals surface area (Å²) in [5.41, 5.74) is 1.08. The summed E-state index contributed by atoms with van der Waals surface area (Å²) in [7, 11) is 0. The van der Waals surface area contributed by atoms with Crippen LogP contribution in [0, 0.1) is 5.92 Å². The molecule has 0 bridgehead atoms. The number of carbonyl (C=O) groups is 2. The second-order valence-corrected chi connectivity index (χ2v) is 5.66. The summed E-state index contributed by atoms with van der Waals surface area (Å²) in [4.78, 5) is 22.9. The maximum absolute atomic E-state index is 11.8. The smallest absolute Gasteiger partial charge is 0.230 e. The molecule has 1 atom stereocenters. The van der Waals surface area contributed by atoms with Crippen LogP contribution < -0.4 is 10.6 Å². The SMILES string of the molecule is O=C1CCC(Cc2cnn(C3CCNCC3)c2)C(=O)N1. The third-order valence-corrected chi connectivity index (χ3v) is 4.17. The van der Waals surface area contributed by atoms with Gasteiger partial charge in [-0.2, -0.15) is 5.10 Å². The van der Waals surface area contributed by atoms with Crippen LogP contribution in [0.4, 0.5) is 0 Å². The predicted molar refractivity (Wildman–Crippen MR) is 72.9 cm³/mol. The Morgan fingerprint density at radius 1 is 1.25 bits per heavy atom. The Bertz CT molecular complexity index is 505. The van der Waals surface area contributed by atoms with E-state index in [2.05, 4.69) is 21.9 Å². The molecule has 0 saturated carbocycles. The summed E-state index contributed by atoms with van der Waals surface area (Å²) < 4.78 is 2.03. The average Bonchev–Trinajstić information content (AvgIpc) is 2.92. The van der Waals surface area contributed by atoms with Crippen LogP contribution in [0.5, 0.6) is 0 Å². The Labute approximate surface area is 117 Å². The molecule has 1 unspecified atom stereocenters. The van der Waals surface area contributed by atoms with E-state index in [-0.39, 0.29) is 17.7 Å². The van der Waals surface area contributed by atoms with Gasteiger partial charge < -0.3 is 5.32 Å². The van der Waals surface area contributed by atoms with Crippen LogP contribution in [0.15, 0.2) is 12.4 Å². The van der Waals surface area contributed by atoms with Gasteiger partial charge in [-0.05, 0) is 44.3 Å². The monoisotopic (exact) mass is 276 g/mol. The molecule has 2 N–H and O–H groups in total. The van der Waals surface area contributed by atoms with Gasteiger partial charge in [0, 0.05) is 18.5 Å². The largest absolute Gasteiger partial charge is 0.317 e. The Morgan fingerprint density at radius 2 is 2.05 bits per heavy atom. The first kappa shape index (κ1) is 13.3. The fourth-order valence-electron chi connectivity index (χ4n) is 2.97. The topological polar surface area (TPSA) is 76.0 Å². The van der Waals surface area contributed by atoms with E-state index in [1.165, 1.54) is 0 Å². The van der Waals surface area contributed by atoms with Gasteiger partial charge in [0.05, 0.1) is 12.2 Å². The molecular weight excluding hydrogens is 256 g/mol. The zero-order chi connectivity index (χ0) is 13.9. The fraction of sp³-hybridized carbons (Fsp3) is 0.643. The van der Waals surface area contributed by atoms with E-state index in [9.17, 15) is 9.59 Å². The molecule has 1 aromatic heterocycles. The van der Waals surface area contributed by atoms with Crippen molar-refractivity contribution in [1.29, 1.82) is 0 Å². The van der Waals surface area contributed by atoms with Crippen molar-refractivity contribution in [2.24, 2.45) is 5.92 Å². The Kier molecular flexibility index (Phi) is 3.82. The van der Waals surface area contributed by atoms with Gasteiger partial charge in [-0.15, -0.1) is 0 Å². The Hall–Kier alpha value is -1.69. The first-order chi connectivity index (χ1) is 9.72. The van der Waals surface area contributed by atoms with Crippen molar-refractivity contribution in [1.82, 2.24) is 20.4 Å². The zero-order valence-corrected chi connectivity index (χ0v) is 11.5. The number of nitrogens with zero attached hydrogens (tertiary/aromatic N) is 2. The third-order valence-electron chi connectivity index (χ3n) is 4.17. The lowest BCUT2D eigenvalue weighted by atomic mass is 9.92. The lowest BCUT2D eigenvalue weighted by molar-refractivity contribution is -0.136. The summed E-state index contributed by atoms with van der Waals surface area (Å²) in [6.45, 7) is 2.07. The number of rotatable bonds is 3. The van der Waals surface area contributed by atoms with Crippen LogP contribution in [0.1, 0.15) is 37.3 Å². The van der Waals surface area contributed by atoms with Crippen molar-refractivity contribution in [3.05, 3.63) is 18.0 Å². The Morgan fingerprint density at radius 3 is 2.80 bits per heavy atom. The van der Waals surface area contributed by atoms with E-state index < -0.39 is 0 Å². The normalized spacial score (nSPS) is 24.7. The molecule has 108 valence electrons. The molecule has 2 aliphatic heterocycles. The van der Waals surface area contributed by atoms with Crippen molar-refractivity contribution < 1.29 is 9.59 Å². The molecule has 3 rings (SSSR count). The van der Waals surface area contributed by atoms with Crippen molar-refractivity contribution in [3.63, 3.8) is 0 Å². The number of carbonyl (C=O) groups excluding carboxylic acids is 2. The van der Waals surface area contributed by atoms with Gasteiger partial charge in [0.15, 0.2) is 0 Å². The van der Waals surface area contributed by atoms with Crippen LogP contribution in [0.25, 0.3) is 0 Å². The molecule has 2 fully saturated rings. The second-order valence-electron chi connectivity index (χ2n) is 5.66. The predicted octanol–water partition coefficient (Wildman–Crippen LogP) is 0.403. The number of nitrogens with one attached hydrogen (secondary N) is 2.